The zero-order valence-corrected chi connectivity index (χ0v) is 14.7. The molecule has 7 heteroatoms. The second kappa shape index (κ2) is 11.4. The first-order chi connectivity index (χ1) is 12.2. The molecule has 0 unspecified atom stereocenters. The van der Waals surface area contributed by atoms with Gasteiger partial charge in [0.25, 0.3) is 0 Å². The van der Waals surface area contributed by atoms with Gasteiger partial charge in [0.2, 0.25) is 5.91 Å². The van der Waals surface area contributed by atoms with Gasteiger partial charge < -0.3 is 21.1 Å². The summed E-state index contributed by atoms with van der Waals surface area (Å²) in [7, 11) is 0. The molecule has 1 aliphatic rings. The van der Waals surface area contributed by atoms with Crippen LogP contribution in [-0.2, 0) is 16.0 Å². The number of carbonyl (C=O) groups excluding carboxylic acids is 1. The van der Waals surface area contributed by atoms with Crippen molar-refractivity contribution in [3.63, 3.8) is 0 Å². The lowest BCUT2D eigenvalue weighted by Crippen LogP contribution is -2.39. The van der Waals surface area contributed by atoms with Gasteiger partial charge in [-0.1, -0.05) is 30.3 Å². The average Bonchev–Trinajstić information content (AvgIpc) is 2.65. The molecule has 0 saturated carbocycles. The van der Waals surface area contributed by atoms with E-state index in [0.29, 0.717) is 12.5 Å². The van der Waals surface area contributed by atoms with Crippen molar-refractivity contribution in [2.75, 3.05) is 52.5 Å². The Morgan fingerprint density at radius 3 is 2.68 bits per heavy atom. The number of nitrogens with zero attached hydrogens (tertiary/aromatic N) is 2. The first-order valence-electron chi connectivity index (χ1n) is 8.88. The maximum atomic E-state index is 11.8. The first-order valence-corrected chi connectivity index (χ1v) is 8.88. The van der Waals surface area contributed by atoms with Gasteiger partial charge in [0.05, 0.1) is 13.2 Å². The van der Waals surface area contributed by atoms with E-state index >= 15 is 0 Å². The van der Waals surface area contributed by atoms with Gasteiger partial charge in [0, 0.05) is 26.2 Å². The number of nitrogens with two attached hydrogens (primary N) is 1. The standard InChI is InChI=1S/C18H29N5O2/c19-18(21-8-4-10-23-11-13-25-14-12-23)22-15-17(24)20-9-7-16-5-2-1-3-6-16/h1-3,5-6H,4,7-15H2,(H,20,24)(H3,19,21,22). The third-order valence-electron chi connectivity index (χ3n) is 4.03. The third kappa shape index (κ3) is 8.51. The van der Waals surface area contributed by atoms with Crippen LogP contribution >= 0.6 is 0 Å². The summed E-state index contributed by atoms with van der Waals surface area (Å²) < 4.78 is 5.32. The molecule has 1 amide bonds. The third-order valence-corrected chi connectivity index (χ3v) is 4.03. The zero-order chi connectivity index (χ0) is 17.7. The van der Waals surface area contributed by atoms with Crippen LogP contribution in [0.3, 0.4) is 0 Å². The molecule has 1 saturated heterocycles. The fourth-order valence-electron chi connectivity index (χ4n) is 2.60. The monoisotopic (exact) mass is 347 g/mol. The van der Waals surface area contributed by atoms with Crippen LogP contribution in [0.15, 0.2) is 35.3 Å². The van der Waals surface area contributed by atoms with Crippen LogP contribution in [0.4, 0.5) is 0 Å². The molecule has 2 rings (SSSR count). The predicted octanol–water partition coefficient (Wildman–Crippen LogP) is -0.0281. The normalized spacial score (nSPS) is 15.8. The highest BCUT2D eigenvalue weighted by Crippen LogP contribution is 1.98. The number of morpholine rings is 1. The molecular formula is C18H29N5O2. The van der Waals surface area contributed by atoms with Crippen molar-refractivity contribution in [3.8, 4) is 0 Å². The summed E-state index contributed by atoms with van der Waals surface area (Å²) in [5.74, 6) is 0.203. The van der Waals surface area contributed by atoms with Crippen LogP contribution in [0.2, 0.25) is 0 Å². The van der Waals surface area contributed by atoms with Crippen molar-refractivity contribution in [3.05, 3.63) is 35.9 Å². The maximum Gasteiger partial charge on any atom is 0.241 e. The van der Waals surface area contributed by atoms with Crippen molar-refractivity contribution < 1.29 is 9.53 Å². The molecule has 1 aromatic rings. The highest BCUT2D eigenvalue weighted by atomic mass is 16.5. The van der Waals surface area contributed by atoms with Gasteiger partial charge in [0.15, 0.2) is 5.96 Å². The molecule has 1 fully saturated rings. The molecule has 138 valence electrons. The average molecular weight is 347 g/mol. The quantitative estimate of drug-likeness (QED) is 0.331. The molecule has 7 nitrogen and oxygen atoms in total. The second-order valence-corrected chi connectivity index (χ2v) is 6.02. The number of carbonyl (C=O) groups is 1. The van der Waals surface area contributed by atoms with Crippen molar-refractivity contribution in [1.82, 2.24) is 15.5 Å². The van der Waals surface area contributed by atoms with Gasteiger partial charge in [-0.05, 0) is 24.9 Å². The molecule has 25 heavy (non-hydrogen) atoms. The van der Waals surface area contributed by atoms with Crippen LogP contribution < -0.4 is 16.4 Å². The minimum atomic E-state index is -0.117. The number of nitrogens with one attached hydrogen (secondary N) is 2. The lowest BCUT2D eigenvalue weighted by atomic mass is 10.1. The van der Waals surface area contributed by atoms with Crippen molar-refractivity contribution in [1.29, 1.82) is 0 Å². The fraction of sp³-hybridized carbons (Fsp3) is 0.556. The maximum absolute atomic E-state index is 11.8. The zero-order valence-electron chi connectivity index (χ0n) is 14.7. The number of amides is 1. The van der Waals surface area contributed by atoms with E-state index in [1.165, 1.54) is 5.56 Å². The molecular weight excluding hydrogens is 318 g/mol. The van der Waals surface area contributed by atoms with E-state index < -0.39 is 0 Å². The lowest BCUT2D eigenvalue weighted by Gasteiger charge is -2.26. The Balaban J connectivity index is 1.51. The van der Waals surface area contributed by atoms with Gasteiger partial charge >= 0.3 is 0 Å². The minimum Gasteiger partial charge on any atom is -0.379 e. The van der Waals surface area contributed by atoms with Gasteiger partial charge in [-0.15, -0.1) is 0 Å². The van der Waals surface area contributed by atoms with Gasteiger partial charge in [-0.25, -0.2) is 4.99 Å². The Bertz CT molecular complexity index is 530. The topological polar surface area (TPSA) is 92.0 Å². The molecule has 0 radical (unpaired) electrons. The van der Waals surface area contributed by atoms with Gasteiger partial charge in [0.1, 0.15) is 6.54 Å². The predicted molar refractivity (Wildman–Crippen MR) is 99.5 cm³/mol. The van der Waals surface area contributed by atoms with E-state index in [9.17, 15) is 4.79 Å². The Morgan fingerprint density at radius 2 is 1.92 bits per heavy atom. The number of ether oxygens (including phenoxy) is 1. The second-order valence-electron chi connectivity index (χ2n) is 6.02. The summed E-state index contributed by atoms with van der Waals surface area (Å²) in [6.45, 7) is 6.04. The van der Waals surface area contributed by atoms with Crippen LogP contribution in [0.25, 0.3) is 0 Å². The summed E-state index contributed by atoms with van der Waals surface area (Å²) in [5, 5.41) is 5.90. The Morgan fingerprint density at radius 1 is 1.16 bits per heavy atom. The van der Waals surface area contributed by atoms with E-state index in [-0.39, 0.29) is 12.5 Å². The van der Waals surface area contributed by atoms with Crippen LogP contribution in [0.1, 0.15) is 12.0 Å². The van der Waals surface area contributed by atoms with E-state index in [0.717, 1.165) is 52.2 Å². The molecule has 1 aliphatic heterocycles. The summed E-state index contributed by atoms with van der Waals surface area (Å²) in [6, 6.07) is 10.1. The molecule has 1 heterocycles. The number of hydrogen-bond acceptors (Lipinski definition) is 4. The van der Waals surface area contributed by atoms with E-state index in [4.69, 9.17) is 10.5 Å². The highest BCUT2D eigenvalue weighted by Gasteiger charge is 2.09. The van der Waals surface area contributed by atoms with E-state index in [1.54, 1.807) is 0 Å². The molecule has 1 aromatic carbocycles. The lowest BCUT2D eigenvalue weighted by molar-refractivity contribution is -0.119. The summed E-state index contributed by atoms with van der Waals surface area (Å²) in [4.78, 5) is 18.2. The molecule has 0 aliphatic carbocycles. The largest absolute Gasteiger partial charge is 0.379 e. The number of guanidine groups is 1. The van der Waals surface area contributed by atoms with E-state index in [1.807, 2.05) is 30.3 Å². The Hall–Kier alpha value is -2.12. The number of benzene rings is 1. The summed E-state index contributed by atoms with van der Waals surface area (Å²) in [6.07, 6.45) is 1.80. The Labute approximate surface area is 149 Å². The number of aliphatic imine (C=N–C) groups is 1. The minimum absolute atomic E-state index is 0.0527. The van der Waals surface area contributed by atoms with Crippen molar-refractivity contribution in [2.45, 2.75) is 12.8 Å². The van der Waals surface area contributed by atoms with Crippen LogP contribution in [0.5, 0.6) is 0 Å². The van der Waals surface area contributed by atoms with Crippen molar-refractivity contribution >= 4 is 11.9 Å². The fourth-order valence-corrected chi connectivity index (χ4v) is 2.60. The highest BCUT2D eigenvalue weighted by molar-refractivity contribution is 5.83. The number of rotatable bonds is 9. The van der Waals surface area contributed by atoms with Gasteiger partial charge in [-0.2, -0.15) is 0 Å². The summed E-state index contributed by atoms with van der Waals surface area (Å²) >= 11 is 0. The molecule has 0 aromatic heterocycles. The number of hydrogen-bond donors (Lipinski definition) is 3. The van der Waals surface area contributed by atoms with Crippen LogP contribution in [0, 0.1) is 0 Å². The van der Waals surface area contributed by atoms with Crippen LogP contribution in [-0.4, -0.2) is 69.2 Å². The van der Waals surface area contributed by atoms with Gasteiger partial charge in [-0.3, -0.25) is 9.69 Å². The summed E-state index contributed by atoms with van der Waals surface area (Å²) in [5.41, 5.74) is 6.99. The molecule has 0 spiro atoms. The molecule has 0 atom stereocenters. The first kappa shape index (κ1) is 19.2. The molecule has 4 N–H and O–H groups in total. The van der Waals surface area contributed by atoms with E-state index in [2.05, 4.69) is 20.5 Å². The Kier molecular flexibility index (Phi) is 8.79. The smallest absolute Gasteiger partial charge is 0.241 e. The molecule has 0 bridgehead atoms. The SMILES string of the molecule is NC(=NCC(=O)NCCc1ccccc1)NCCCN1CCOCC1. The van der Waals surface area contributed by atoms with Crippen molar-refractivity contribution in [2.24, 2.45) is 10.7 Å².